The lowest BCUT2D eigenvalue weighted by Gasteiger charge is -2.41. The van der Waals surface area contributed by atoms with E-state index in [0.717, 1.165) is 19.6 Å². The number of aryl methyl sites for hydroxylation is 1. The number of nitrogens with one attached hydrogen (secondary N) is 5. The Bertz CT molecular complexity index is 2520. The number of benzene rings is 1. The summed E-state index contributed by atoms with van der Waals surface area (Å²) in [5.74, 6) is -2.27. The van der Waals surface area contributed by atoms with Gasteiger partial charge in [-0.05, 0) is 102 Å². The highest BCUT2D eigenvalue weighted by molar-refractivity contribution is 7.91. The van der Waals surface area contributed by atoms with Crippen LogP contribution in [0.2, 0.25) is 0 Å². The second kappa shape index (κ2) is 21.4. The second-order valence-corrected chi connectivity index (χ2v) is 21.8. The third-order valence-corrected chi connectivity index (χ3v) is 15.1. The van der Waals surface area contributed by atoms with Gasteiger partial charge in [-0.2, -0.15) is 4.72 Å². The van der Waals surface area contributed by atoms with E-state index < -0.39 is 60.1 Å². The molecular formula is C47H68N8O10S2. The van der Waals surface area contributed by atoms with Gasteiger partial charge < -0.3 is 35.3 Å². The van der Waals surface area contributed by atoms with Crippen molar-refractivity contribution >= 4 is 79.1 Å². The van der Waals surface area contributed by atoms with Gasteiger partial charge in [-0.25, -0.2) is 8.42 Å². The van der Waals surface area contributed by atoms with E-state index in [9.17, 15) is 37.2 Å². The molecule has 3 atom stereocenters. The first-order valence-electron chi connectivity index (χ1n) is 22.6. The van der Waals surface area contributed by atoms with Crippen molar-refractivity contribution in [2.24, 2.45) is 10.8 Å². The van der Waals surface area contributed by atoms with Crippen LogP contribution in [-0.2, 0) is 38.7 Å². The zero-order valence-corrected chi connectivity index (χ0v) is 42.9. The normalized spacial score (nSPS) is 15.9. The average molecular weight is 969 g/mol. The molecule has 2 aromatic heterocycles. The first-order valence-corrected chi connectivity index (χ1v) is 24.9. The molecule has 3 amide bonds. The minimum Gasteiger partial charge on any atom is -0.426 e. The third kappa shape index (κ3) is 13.1. The molecular weight excluding hydrogens is 901 g/mol. The summed E-state index contributed by atoms with van der Waals surface area (Å²) < 4.78 is 40.7. The molecule has 1 aliphatic rings. The maximum atomic E-state index is 14.4. The van der Waals surface area contributed by atoms with E-state index >= 15 is 0 Å². The van der Waals surface area contributed by atoms with Gasteiger partial charge in [0.2, 0.25) is 15.4 Å². The molecule has 1 aliphatic heterocycles. The summed E-state index contributed by atoms with van der Waals surface area (Å²) in [5, 5.41) is 15.6. The Balaban J connectivity index is 1.44. The van der Waals surface area contributed by atoms with E-state index in [1.807, 2.05) is 27.7 Å². The van der Waals surface area contributed by atoms with E-state index in [0.29, 0.717) is 57.2 Å². The van der Waals surface area contributed by atoms with Crippen molar-refractivity contribution in [1.29, 1.82) is 0 Å². The summed E-state index contributed by atoms with van der Waals surface area (Å²) in [5.41, 5.74) is -1.12. The zero-order chi connectivity index (χ0) is 50.4. The lowest BCUT2D eigenvalue weighted by molar-refractivity contribution is -0.167. The number of amides is 3. The predicted octanol–water partition coefficient (Wildman–Crippen LogP) is 6.60. The second-order valence-electron chi connectivity index (χ2n) is 18.9. The van der Waals surface area contributed by atoms with Crippen LogP contribution in [0.15, 0.2) is 22.5 Å². The number of H-pyrrole nitrogens is 1. The largest absolute Gasteiger partial charge is 0.426 e. The highest BCUT2D eigenvalue weighted by Gasteiger charge is 2.48. The van der Waals surface area contributed by atoms with E-state index in [2.05, 4.69) is 54.6 Å². The quantitative estimate of drug-likeness (QED) is 0.0275. The molecule has 5 N–H and O–H groups in total. The third-order valence-electron chi connectivity index (χ3n) is 12.3. The number of ketones is 2. The van der Waals surface area contributed by atoms with Gasteiger partial charge in [0.25, 0.3) is 21.8 Å². The van der Waals surface area contributed by atoms with Gasteiger partial charge in [0.05, 0.1) is 23.1 Å². The molecule has 0 bridgehead atoms. The fourth-order valence-electron chi connectivity index (χ4n) is 8.69. The molecule has 20 heteroatoms. The first-order chi connectivity index (χ1) is 31.0. The van der Waals surface area contributed by atoms with Gasteiger partial charge in [-0.1, -0.05) is 66.7 Å². The van der Waals surface area contributed by atoms with E-state index in [1.54, 1.807) is 58.9 Å². The molecule has 0 aliphatic carbocycles. The maximum Gasteiger partial charge on any atom is 0.311 e. The molecule has 3 unspecified atom stereocenters. The van der Waals surface area contributed by atoms with Crippen LogP contribution in [0, 0.1) is 24.7 Å². The van der Waals surface area contributed by atoms with Gasteiger partial charge in [-0.3, -0.25) is 28.8 Å². The number of ether oxygens (including phenoxy) is 2. The lowest BCUT2D eigenvalue weighted by atomic mass is 9.68. The van der Waals surface area contributed by atoms with Crippen molar-refractivity contribution in [3.63, 3.8) is 0 Å². The van der Waals surface area contributed by atoms with Crippen LogP contribution in [0.25, 0.3) is 11.6 Å². The average Bonchev–Trinajstić information content (AvgIpc) is 3.92. The van der Waals surface area contributed by atoms with Gasteiger partial charge >= 0.3 is 5.97 Å². The van der Waals surface area contributed by atoms with Crippen LogP contribution in [0.5, 0.6) is 5.75 Å². The molecule has 0 spiro atoms. The number of hydrogen-bond donors (Lipinski definition) is 5. The number of hydrogen-bond acceptors (Lipinski definition) is 14. The number of likely N-dealkylation sites (N-methyl/N-ethyl adjacent to an activating group) is 1. The smallest absolute Gasteiger partial charge is 0.311 e. The molecule has 0 radical (unpaired) electrons. The van der Waals surface area contributed by atoms with Crippen molar-refractivity contribution in [1.82, 2.24) is 30.1 Å². The Kier molecular flexibility index (Phi) is 17.4. The van der Waals surface area contributed by atoms with Crippen LogP contribution >= 0.6 is 11.3 Å². The maximum absolute atomic E-state index is 14.4. The highest BCUT2D eigenvalue weighted by atomic mass is 32.2. The zero-order valence-electron chi connectivity index (χ0n) is 41.3. The van der Waals surface area contributed by atoms with Crippen LogP contribution in [-0.4, -0.2) is 107 Å². The summed E-state index contributed by atoms with van der Waals surface area (Å²) in [6.07, 6.45) is 0.829. The molecule has 368 valence electrons. The molecule has 0 saturated carbocycles. The number of carbonyl (C=O) groups is 6. The number of carbonyl (C=O) groups excluding carboxylic acids is 6. The van der Waals surface area contributed by atoms with Gasteiger partial charge in [0.15, 0.2) is 11.6 Å². The van der Waals surface area contributed by atoms with E-state index in [1.165, 1.54) is 20.8 Å². The molecule has 0 fully saturated rings. The van der Waals surface area contributed by atoms with Crippen LogP contribution < -0.4 is 25.4 Å². The van der Waals surface area contributed by atoms with Crippen molar-refractivity contribution < 1.29 is 46.7 Å². The number of aromatic amines is 1. The molecule has 4 rings (SSSR count). The topological polar surface area (TPSA) is 248 Å². The van der Waals surface area contributed by atoms with Crippen molar-refractivity contribution in [3.05, 3.63) is 46.3 Å². The minimum atomic E-state index is -4.36. The van der Waals surface area contributed by atoms with Gasteiger partial charge in [0.1, 0.15) is 17.5 Å². The Morgan fingerprint density at radius 1 is 0.970 bits per heavy atom. The Morgan fingerprint density at radius 2 is 1.63 bits per heavy atom. The number of Topliss-reactive ketones (excluding diaryl/α,β-unsaturated/α-hetero) is 2. The molecule has 1 aromatic carbocycles. The van der Waals surface area contributed by atoms with E-state index in [4.69, 9.17) is 9.47 Å². The van der Waals surface area contributed by atoms with Crippen LogP contribution in [0.1, 0.15) is 142 Å². The highest BCUT2D eigenvalue weighted by Crippen LogP contribution is 2.42. The summed E-state index contributed by atoms with van der Waals surface area (Å²) in [4.78, 5) is 85.3. The van der Waals surface area contributed by atoms with Gasteiger partial charge in [0, 0.05) is 48.1 Å². The number of sulfonamides is 1. The number of anilines is 2. The number of fused-ring (bicyclic) bond motifs is 1. The summed E-state index contributed by atoms with van der Waals surface area (Å²) in [7, 11) is -4.36. The van der Waals surface area contributed by atoms with Gasteiger partial charge in [-0.15, -0.1) is 10.2 Å². The Labute approximate surface area is 398 Å². The number of aromatic nitrogens is 3. The lowest BCUT2D eigenvalue weighted by Crippen LogP contribution is -2.57. The fraction of sp³-hybridized carbons (Fsp3) is 0.574. The van der Waals surface area contributed by atoms with E-state index in [-0.39, 0.29) is 54.2 Å². The summed E-state index contributed by atoms with van der Waals surface area (Å²) in [6, 6.07) is 4.86. The molecule has 3 aromatic rings. The molecule has 18 nitrogen and oxygen atoms in total. The summed E-state index contributed by atoms with van der Waals surface area (Å²) >= 11 is 0.629. The Hall–Kier alpha value is -5.15. The Morgan fingerprint density at radius 3 is 2.22 bits per heavy atom. The molecule has 0 saturated heterocycles. The van der Waals surface area contributed by atoms with Crippen molar-refractivity contribution in [3.8, 4) is 5.75 Å². The van der Waals surface area contributed by atoms with Crippen molar-refractivity contribution in [2.75, 3.05) is 36.8 Å². The first kappa shape index (κ1) is 54.5. The van der Waals surface area contributed by atoms with Crippen molar-refractivity contribution in [2.45, 2.75) is 144 Å². The fourth-order valence-corrected chi connectivity index (χ4v) is 11.1. The molecule has 67 heavy (non-hydrogen) atoms. The van der Waals surface area contributed by atoms with Crippen LogP contribution in [0.3, 0.4) is 0 Å². The number of nitrogens with zero attached hydrogens (tertiary/aromatic N) is 3. The SMILES string of the molecule is CCN(CC)CCNC(=O)c1c(C)[nH]c(/C=C2\C(=O)Nc3ccc(OC(=O)CC(C)(C)CC(C)(C)C(=O)C(C)(CC)OC(C)C(=O)C(C)(CC)NS(=O)(=O)c4nnc(NC(C)=O)s4)cc32)c1C. The monoisotopic (exact) mass is 968 g/mol. The summed E-state index contributed by atoms with van der Waals surface area (Å²) in [6.45, 7) is 27.1. The van der Waals surface area contributed by atoms with Crippen LogP contribution in [0.4, 0.5) is 10.8 Å². The minimum absolute atomic E-state index is 0.0219. The standard InChI is InChI=1S/C47H68N8O10S2/c1-15-46(13,54-67(62,63)43-53-52-42(66-43)50-30(8)56)38(58)29(7)65-47(14,16-2)41(61)45(11,12)26-44(9,10)25-36(57)64-31-19-20-34-32(23-31)33(39(59)51-34)24-35-27(5)37(28(6)49-35)40(60)48-21-22-55(17-3)18-4/h19-20,23-24,29,49,54H,15-18,21-22,25-26H2,1-14H3,(H,48,60)(H,51,59)(H,50,52,56)/b33-24-. The number of rotatable bonds is 24. The predicted molar refractivity (Wildman–Crippen MR) is 258 cm³/mol. The number of esters is 1. The molecule has 3 heterocycles.